The van der Waals surface area contributed by atoms with Gasteiger partial charge in [-0.2, -0.15) is 0 Å². The minimum atomic E-state index is -0.768. The average Bonchev–Trinajstić information content (AvgIpc) is 2.78. The van der Waals surface area contributed by atoms with Crippen LogP contribution in [0.3, 0.4) is 0 Å². The Morgan fingerprint density at radius 3 is 2.70 bits per heavy atom. The largest absolute Gasteiger partial charge is 0.366 e. The maximum absolute atomic E-state index is 13.0. The van der Waals surface area contributed by atoms with Crippen molar-refractivity contribution >= 4 is 34.2 Å². The molecule has 0 unspecified atom stereocenters. The first-order chi connectivity index (χ1) is 14.5. The summed E-state index contributed by atoms with van der Waals surface area (Å²) < 4.78 is 0. The van der Waals surface area contributed by atoms with Crippen LogP contribution in [-0.4, -0.2) is 39.1 Å². The van der Waals surface area contributed by atoms with Gasteiger partial charge in [-0.05, 0) is 48.4 Å². The van der Waals surface area contributed by atoms with E-state index in [0.29, 0.717) is 6.54 Å². The number of benzene rings is 1. The second-order valence-corrected chi connectivity index (χ2v) is 7.27. The first kappa shape index (κ1) is 19.5. The molecule has 0 saturated carbocycles. The minimum absolute atomic E-state index is 0.154. The molecule has 0 spiro atoms. The predicted molar refractivity (Wildman–Crippen MR) is 111 cm³/mol. The summed E-state index contributed by atoms with van der Waals surface area (Å²) in [6, 6.07) is 9.16. The Morgan fingerprint density at radius 1 is 1.00 bits per heavy atom. The third kappa shape index (κ3) is 3.98. The standard InChI is InChI=1S/C22H21N5O3/c23-20(28)17-10-18(13-25-12-17)26-21(29)22(30)27-8-2-1-3-19(27)15-4-5-16-11-24-7-6-14(16)9-15/h4-7,9-13,19H,1-3,8H2,(H2,23,28)(H,26,29)/t19-/m0/s1. The van der Waals surface area contributed by atoms with Crippen molar-refractivity contribution in [3.05, 3.63) is 66.2 Å². The molecule has 8 heteroatoms. The number of nitrogens with one attached hydrogen (secondary N) is 1. The number of fused-ring (bicyclic) bond motifs is 1. The Labute approximate surface area is 173 Å². The highest BCUT2D eigenvalue weighted by Gasteiger charge is 2.32. The maximum Gasteiger partial charge on any atom is 0.313 e. The van der Waals surface area contributed by atoms with Gasteiger partial charge >= 0.3 is 11.8 Å². The number of nitrogens with zero attached hydrogens (tertiary/aromatic N) is 3. The number of primary amides is 1. The molecule has 0 radical (unpaired) electrons. The van der Waals surface area contributed by atoms with Gasteiger partial charge in [0.05, 0.1) is 23.5 Å². The van der Waals surface area contributed by atoms with Crippen molar-refractivity contribution in [1.29, 1.82) is 0 Å². The van der Waals surface area contributed by atoms with Crippen LogP contribution in [0, 0.1) is 0 Å². The number of aromatic nitrogens is 2. The Hall–Kier alpha value is -3.81. The van der Waals surface area contributed by atoms with Crippen LogP contribution < -0.4 is 11.1 Å². The van der Waals surface area contributed by atoms with Gasteiger partial charge in [-0.1, -0.05) is 12.1 Å². The van der Waals surface area contributed by atoms with E-state index in [2.05, 4.69) is 15.3 Å². The fourth-order valence-corrected chi connectivity index (χ4v) is 3.79. The Balaban J connectivity index is 1.55. The molecule has 8 nitrogen and oxygen atoms in total. The highest BCUT2D eigenvalue weighted by molar-refractivity contribution is 6.39. The van der Waals surface area contributed by atoms with E-state index in [9.17, 15) is 14.4 Å². The van der Waals surface area contributed by atoms with Crippen LogP contribution in [0.5, 0.6) is 0 Å². The van der Waals surface area contributed by atoms with Gasteiger partial charge in [0.25, 0.3) is 0 Å². The van der Waals surface area contributed by atoms with Gasteiger partial charge in [-0.3, -0.25) is 24.4 Å². The summed E-state index contributed by atoms with van der Waals surface area (Å²) in [5.74, 6) is -2.04. The van der Waals surface area contributed by atoms with Gasteiger partial charge < -0.3 is 16.0 Å². The van der Waals surface area contributed by atoms with Gasteiger partial charge in [0.15, 0.2) is 0 Å². The summed E-state index contributed by atoms with van der Waals surface area (Å²) in [7, 11) is 0. The zero-order chi connectivity index (χ0) is 21.1. The number of hydrogen-bond donors (Lipinski definition) is 2. The van der Waals surface area contributed by atoms with Gasteiger partial charge in [0.2, 0.25) is 5.91 Å². The number of carbonyl (C=O) groups excluding carboxylic acids is 3. The van der Waals surface area contributed by atoms with E-state index >= 15 is 0 Å². The topological polar surface area (TPSA) is 118 Å². The highest BCUT2D eigenvalue weighted by Crippen LogP contribution is 2.32. The number of carbonyl (C=O) groups is 3. The van der Waals surface area contributed by atoms with Crippen molar-refractivity contribution in [1.82, 2.24) is 14.9 Å². The molecule has 2 aromatic heterocycles. The summed E-state index contributed by atoms with van der Waals surface area (Å²) >= 11 is 0. The van der Waals surface area contributed by atoms with Crippen LogP contribution in [0.15, 0.2) is 55.1 Å². The molecule has 3 N–H and O–H groups in total. The number of amides is 3. The molecule has 1 aromatic carbocycles. The van der Waals surface area contributed by atoms with Crippen LogP contribution in [-0.2, 0) is 9.59 Å². The van der Waals surface area contributed by atoms with E-state index in [1.54, 1.807) is 17.3 Å². The first-order valence-corrected chi connectivity index (χ1v) is 9.73. The first-order valence-electron chi connectivity index (χ1n) is 9.73. The highest BCUT2D eigenvalue weighted by atomic mass is 16.2. The molecule has 1 fully saturated rings. The zero-order valence-electron chi connectivity index (χ0n) is 16.2. The van der Waals surface area contributed by atoms with E-state index in [1.165, 1.54) is 18.5 Å². The number of piperidine rings is 1. The van der Waals surface area contributed by atoms with E-state index in [1.807, 2.05) is 24.3 Å². The number of nitrogens with two attached hydrogens (primary N) is 1. The molecule has 3 aromatic rings. The molecule has 30 heavy (non-hydrogen) atoms. The number of rotatable bonds is 3. The fourth-order valence-electron chi connectivity index (χ4n) is 3.79. The molecule has 1 aliphatic rings. The normalized spacial score (nSPS) is 16.3. The average molecular weight is 403 g/mol. The summed E-state index contributed by atoms with van der Waals surface area (Å²) in [6.07, 6.45) is 8.80. The monoisotopic (exact) mass is 403 g/mol. The summed E-state index contributed by atoms with van der Waals surface area (Å²) in [5, 5.41) is 4.59. The molecule has 1 aliphatic heterocycles. The molecule has 152 valence electrons. The second kappa shape index (κ2) is 8.28. The van der Waals surface area contributed by atoms with Crippen molar-refractivity contribution in [2.75, 3.05) is 11.9 Å². The fraction of sp³-hybridized carbons (Fsp3) is 0.227. The van der Waals surface area contributed by atoms with Crippen LogP contribution >= 0.6 is 0 Å². The summed E-state index contributed by atoms with van der Waals surface area (Å²) in [5.41, 5.74) is 6.64. The molecular weight excluding hydrogens is 382 g/mol. The predicted octanol–water partition coefficient (Wildman–Crippen LogP) is 2.42. The lowest BCUT2D eigenvalue weighted by Crippen LogP contribution is -2.44. The zero-order valence-corrected chi connectivity index (χ0v) is 16.2. The van der Waals surface area contributed by atoms with Gasteiger partial charge in [0.1, 0.15) is 0 Å². The molecule has 1 atom stereocenters. The van der Waals surface area contributed by atoms with E-state index in [4.69, 9.17) is 5.73 Å². The summed E-state index contributed by atoms with van der Waals surface area (Å²) in [6.45, 7) is 0.505. The molecular formula is C22H21N5O3. The van der Waals surface area contributed by atoms with Gasteiger partial charge in [-0.25, -0.2) is 0 Å². The van der Waals surface area contributed by atoms with Gasteiger partial charge in [0, 0.05) is 30.5 Å². The minimum Gasteiger partial charge on any atom is -0.366 e. The van der Waals surface area contributed by atoms with Crippen LogP contribution in [0.1, 0.15) is 41.2 Å². The van der Waals surface area contributed by atoms with E-state index in [-0.39, 0.29) is 17.3 Å². The summed E-state index contributed by atoms with van der Waals surface area (Å²) in [4.78, 5) is 46.5. The van der Waals surface area contributed by atoms with Crippen molar-refractivity contribution in [3.8, 4) is 0 Å². The Morgan fingerprint density at radius 2 is 1.87 bits per heavy atom. The van der Waals surface area contributed by atoms with E-state index < -0.39 is 17.7 Å². The quantitative estimate of drug-likeness (QED) is 0.651. The number of anilines is 1. The third-order valence-electron chi connectivity index (χ3n) is 5.29. The van der Waals surface area contributed by atoms with Crippen LogP contribution in [0.4, 0.5) is 5.69 Å². The Bertz CT molecular complexity index is 1130. The smallest absolute Gasteiger partial charge is 0.313 e. The van der Waals surface area contributed by atoms with Crippen molar-refractivity contribution in [2.24, 2.45) is 5.73 Å². The lowest BCUT2D eigenvalue weighted by molar-refractivity contribution is -0.145. The molecule has 1 saturated heterocycles. The second-order valence-electron chi connectivity index (χ2n) is 7.27. The Kier molecular flexibility index (Phi) is 5.38. The van der Waals surface area contributed by atoms with Crippen molar-refractivity contribution < 1.29 is 14.4 Å². The lowest BCUT2D eigenvalue weighted by atomic mass is 9.93. The van der Waals surface area contributed by atoms with Crippen molar-refractivity contribution in [3.63, 3.8) is 0 Å². The maximum atomic E-state index is 13.0. The lowest BCUT2D eigenvalue weighted by Gasteiger charge is -2.35. The number of likely N-dealkylation sites (tertiary alicyclic amines) is 1. The molecule has 3 heterocycles. The van der Waals surface area contributed by atoms with Crippen molar-refractivity contribution in [2.45, 2.75) is 25.3 Å². The molecule has 0 aliphatic carbocycles. The molecule has 0 bridgehead atoms. The molecule has 3 amide bonds. The van der Waals surface area contributed by atoms with Gasteiger partial charge in [-0.15, -0.1) is 0 Å². The van der Waals surface area contributed by atoms with Crippen LogP contribution in [0.25, 0.3) is 10.8 Å². The third-order valence-corrected chi connectivity index (χ3v) is 5.29. The SMILES string of the molecule is NC(=O)c1cncc(NC(=O)C(=O)N2CCCC[C@H]2c2ccc3cnccc3c2)c1. The number of pyridine rings is 2. The van der Waals surface area contributed by atoms with E-state index in [0.717, 1.165) is 35.6 Å². The van der Waals surface area contributed by atoms with Crippen LogP contribution in [0.2, 0.25) is 0 Å². The number of hydrogen-bond acceptors (Lipinski definition) is 5. The molecule has 4 rings (SSSR count).